The number of ether oxygens (including phenoxy) is 1. The average molecular weight is 171 g/mol. The molecule has 0 saturated heterocycles. The van der Waals surface area contributed by atoms with E-state index in [-0.39, 0.29) is 13.3 Å². The first kappa shape index (κ1) is 9.72. The van der Waals surface area contributed by atoms with Gasteiger partial charge in [-0.2, -0.15) is 0 Å². The summed E-state index contributed by atoms with van der Waals surface area (Å²) in [7, 11) is 0. The fourth-order valence-electron chi connectivity index (χ4n) is 1.50. The molecule has 1 aliphatic carbocycles. The van der Waals surface area contributed by atoms with Crippen LogP contribution < -0.4 is 0 Å². The lowest BCUT2D eigenvalue weighted by Crippen LogP contribution is -2.15. The predicted octanol–water partition coefficient (Wildman–Crippen LogP) is 2.86. The molecule has 0 amide bonds. The molecule has 70 valence electrons. The van der Waals surface area contributed by atoms with Crippen LogP contribution >= 0.6 is 0 Å². The molecule has 0 spiro atoms. The smallest absolute Gasteiger partial charge is 0.113 e. The van der Waals surface area contributed by atoms with Crippen molar-refractivity contribution in [1.29, 1.82) is 0 Å². The van der Waals surface area contributed by atoms with E-state index in [1.54, 1.807) is 0 Å². The highest BCUT2D eigenvalue weighted by Crippen LogP contribution is 2.15. The molecule has 0 unspecified atom stereocenters. The Kier molecular flexibility index (Phi) is 5.00. The van der Waals surface area contributed by atoms with Gasteiger partial charge in [-0.1, -0.05) is 12.2 Å². The Labute approximate surface area is 73.6 Å². The molecule has 0 bridgehead atoms. The number of hydrogen-bond donors (Lipinski definition) is 0. The Balaban J connectivity index is 2.18. The van der Waals surface area contributed by atoms with E-state index < -0.39 is 0 Å². The lowest BCUT2D eigenvalue weighted by molar-refractivity contribution is 0.0326. The third kappa shape index (κ3) is 3.86. The fraction of sp³-hybridized carbons (Fsp3) is 0.800. The van der Waals surface area contributed by atoms with E-state index in [1.807, 2.05) is 0 Å². The van der Waals surface area contributed by atoms with Gasteiger partial charge in [-0.25, -0.2) is 4.39 Å². The second-order valence-electron chi connectivity index (χ2n) is 3.16. The van der Waals surface area contributed by atoms with Crippen LogP contribution in [0.25, 0.3) is 0 Å². The van der Waals surface area contributed by atoms with E-state index in [2.05, 4.69) is 12.2 Å². The quantitative estimate of drug-likeness (QED) is 0.593. The fourth-order valence-corrected chi connectivity index (χ4v) is 1.50. The lowest BCUT2D eigenvalue weighted by Gasteiger charge is -2.17. The van der Waals surface area contributed by atoms with Gasteiger partial charge in [0.15, 0.2) is 0 Å². The van der Waals surface area contributed by atoms with Gasteiger partial charge in [-0.15, -0.1) is 0 Å². The Hall–Kier alpha value is -0.370. The molecule has 1 aliphatic rings. The third-order valence-corrected chi connectivity index (χ3v) is 2.15. The van der Waals surface area contributed by atoms with Crippen molar-refractivity contribution in [3.63, 3.8) is 0 Å². The highest BCUT2D eigenvalue weighted by molar-refractivity contribution is 4.85. The summed E-state index contributed by atoms with van der Waals surface area (Å²) in [5.41, 5.74) is 0. The summed E-state index contributed by atoms with van der Waals surface area (Å²) >= 11 is 0. The Morgan fingerprint density at radius 1 is 1.25 bits per heavy atom. The molecule has 0 aromatic heterocycles. The van der Waals surface area contributed by atoms with E-state index in [1.165, 1.54) is 6.42 Å². The van der Waals surface area contributed by atoms with E-state index in [9.17, 15) is 4.39 Å². The van der Waals surface area contributed by atoms with Crippen LogP contribution in [0, 0.1) is 0 Å². The second-order valence-corrected chi connectivity index (χ2v) is 3.16. The maximum atomic E-state index is 11.8. The monoisotopic (exact) mass is 171 g/mol. The number of halogens is 1. The van der Waals surface area contributed by atoms with Crippen molar-refractivity contribution in [1.82, 2.24) is 0 Å². The summed E-state index contributed by atoms with van der Waals surface area (Å²) in [5.74, 6) is 0. The summed E-state index contributed by atoms with van der Waals surface area (Å²) < 4.78 is 17.1. The van der Waals surface area contributed by atoms with Gasteiger partial charge in [-0.05, 0) is 32.1 Å². The SMILES string of the molecule is [18F]CCO[C@@H]1CC/C=C\CCC1. The molecule has 2 heteroatoms. The molecule has 0 aliphatic heterocycles. The van der Waals surface area contributed by atoms with Crippen LogP contribution in [-0.2, 0) is 4.74 Å². The van der Waals surface area contributed by atoms with Gasteiger partial charge >= 0.3 is 0 Å². The number of alkyl halides is 1. The van der Waals surface area contributed by atoms with Crippen LogP contribution in [0.4, 0.5) is 4.39 Å². The predicted molar refractivity (Wildman–Crippen MR) is 47.9 cm³/mol. The number of hydrogen-bond acceptors (Lipinski definition) is 1. The first-order chi connectivity index (χ1) is 5.93. The Morgan fingerprint density at radius 3 is 2.92 bits per heavy atom. The van der Waals surface area contributed by atoms with Crippen LogP contribution in [0.5, 0.6) is 0 Å². The zero-order chi connectivity index (χ0) is 8.65. The molecular weight excluding hydrogens is 154 g/mol. The van der Waals surface area contributed by atoms with Gasteiger partial charge in [0.2, 0.25) is 0 Å². The van der Waals surface area contributed by atoms with E-state index in [4.69, 9.17) is 4.74 Å². The van der Waals surface area contributed by atoms with Crippen molar-refractivity contribution in [3.8, 4) is 0 Å². The molecule has 12 heavy (non-hydrogen) atoms. The van der Waals surface area contributed by atoms with Gasteiger partial charge in [0.05, 0.1) is 12.7 Å². The summed E-state index contributed by atoms with van der Waals surface area (Å²) in [5, 5.41) is 0. The average Bonchev–Trinajstić information content (AvgIpc) is 2.02. The van der Waals surface area contributed by atoms with Crippen molar-refractivity contribution in [2.75, 3.05) is 13.3 Å². The highest BCUT2D eigenvalue weighted by Gasteiger charge is 2.08. The van der Waals surface area contributed by atoms with Crippen LogP contribution in [0.15, 0.2) is 12.2 Å². The zero-order valence-corrected chi connectivity index (χ0v) is 7.47. The van der Waals surface area contributed by atoms with Crippen LogP contribution in [0.3, 0.4) is 0 Å². The van der Waals surface area contributed by atoms with Gasteiger partial charge in [0, 0.05) is 0 Å². The van der Waals surface area contributed by atoms with Crippen LogP contribution in [0.2, 0.25) is 0 Å². The van der Waals surface area contributed by atoms with Crippen molar-refractivity contribution in [3.05, 3.63) is 12.2 Å². The van der Waals surface area contributed by atoms with Crippen molar-refractivity contribution >= 4 is 0 Å². The molecule has 0 saturated carbocycles. The molecule has 0 N–H and O–H groups in total. The number of allylic oxidation sites excluding steroid dienone is 2. The lowest BCUT2D eigenvalue weighted by atomic mass is 10.0. The first-order valence-electron chi connectivity index (χ1n) is 4.76. The summed E-state index contributed by atoms with van der Waals surface area (Å²) in [6.07, 6.45) is 10.3. The van der Waals surface area contributed by atoms with Gasteiger partial charge in [-0.3, -0.25) is 0 Å². The zero-order valence-electron chi connectivity index (χ0n) is 7.47. The van der Waals surface area contributed by atoms with Crippen molar-refractivity contribution in [2.45, 2.75) is 38.2 Å². The molecule has 1 rings (SSSR count). The van der Waals surface area contributed by atoms with Gasteiger partial charge in [0.25, 0.3) is 0 Å². The maximum Gasteiger partial charge on any atom is 0.113 e. The van der Waals surface area contributed by atoms with Crippen LogP contribution in [0.1, 0.15) is 32.1 Å². The molecule has 0 radical (unpaired) electrons. The van der Waals surface area contributed by atoms with E-state index in [0.29, 0.717) is 6.10 Å². The summed E-state index contributed by atoms with van der Waals surface area (Å²) in [6, 6.07) is 0. The third-order valence-electron chi connectivity index (χ3n) is 2.15. The maximum absolute atomic E-state index is 11.8. The summed E-state index contributed by atoms with van der Waals surface area (Å²) in [6.45, 7) is -0.0826. The molecule has 0 fully saturated rings. The van der Waals surface area contributed by atoms with Crippen molar-refractivity contribution < 1.29 is 9.13 Å². The van der Waals surface area contributed by atoms with Crippen molar-refractivity contribution in [2.24, 2.45) is 0 Å². The van der Waals surface area contributed by atoms with Gasteiger partial charge < -0.3 is 4.74 Å². The molecule has 0 heterocycles. The number of rotatable bonds is 3. The largest absolute Gasteiger partial charge is 0.375 e. The van der Waals surface area contributed by atoms with E-state index in [0.717, 1.165) is 25.7 Å². The minimum absolute atomic E-state index is 0.272. The standard InChI is InChI=1S/C10H17FO/c11-8-9-12-10-6-4-2-1-3-5-7-10/h1-2,10H,3-9H2/b2-1-/t10-/m1/s1/i11-1. The molecular formula is C10H17FO. The van der Waals surface area contributed by atoms with Crippen LogP contribution in [-0.4, -0.2) is 19.4 Å². The summed E-state index contributed by atoms with van der Waals surface area (Å²) in [4.78, 5) is 0. The molecule has 0 aromatic rings. The molecule has 1 atom stereocenters. The Bertz CT molecular complexity index is 134. The highest BCUT2D eigenvalue weighted by atomic mass is 18.2. The Morgan fingerprint density at radius 2 is 2.08 bits per heavy atom. The topological polar surface area (TPSA) is 9.23 Å². The van der Waals surface area contributed by atoms with Gasteiger partial charge in [0.1, 0.15) is 6.67 Å². The molecule has 0 aromatic carbocycles. The normalized spacial score (nSPS) is 27.6. The van der Waals surface area contributed by atoms with E-state index >= 15 is 0 Å². The second kappa shape index (κ2) is 6.18. The minimum atomic E-state index is -0.355. The minimum Gasteiger partial charge on any atom is -0.375 e. The first-order valence-corrected chi connectivity index (χ1v) is 4.76. The molecule has 1 nitrogen and oxygen atoms in total.